The van der Waals surface area contributed by atoms with Gasteiger partial charge in [-0.2, -0.15) is 0 Å². The minimum absolute atomic E-state index is 0.0340. The van der Waals surface area contributed by atoms with E-state index in [0.29, 0.717) is 6.61 Å². The molecule has 5 nitrogen and oxygen atoms in total. The van der Waals surface area contributed by atoms with Crippen molar-refractivity contribution in [1.29, 1.82) is 0 Å². The van der Waals surface area contributed by atoms with Crippen molar-refractivity contribution in [3.8, 4) is 5.75 Å². The summed E-state index contributed by atoms with van der Waals surface area (Å²) < 4.78 is 11.9. The van der Waals surface area contributed by atoms with E-state index < -0.39 is 11.4 Å². The van der Waals surface area contributed by atoms with Crippen LogP contribution in [0.2, 0.25) is 0 Å². The number of hydrogen-bond donors (Lipinski definition) is 2. The average molecular weight is 346 g/mol. The van der Waals surface area contributed by atoms with Crippen molar-refractivity contribution in [2.24, 2.45) is 0 Å². The number of benzene rings is 1. The highest BCUT2D eigenvalue weighted by Gasteiger charge is 2.40. The van der Waals surface area contributed by atoms with Gasteiger partial charge in [0.25, 0.3) is 0 Å². The molecule has 1 aliphatic rings. The summed E-state index contributed by atoms with van der Waals surface area (Å²) in [7, 11) is 0. The fourth-order valence-electron chi connectivity index (χ4n) is 2.70. The van der Waals surface area contributed by atoms with Gasteiger partial charge < -0.3 is 19.7 Å². The maximum absolute atomic E-state index is 12.7. The zero-order chi connectivity index (χ0) is 18.7. The fraction of sp³-hybridized carbons (Fsp3) is 0.450. The minimum atomic E-state index is -1.14. The summed E-state index contributed by atoms with van der Waals surface area (Å²) >= 11 is 0. The standard InChI is InChI=1S/C20H26O5/c1-5-12-24-20(25-19(2,3)4)11-10-15(17(22)13-20)18(23)14-8-6-7-9-16(14)21/h6-11,21,23H,5,12-13H2,1-4H3. The van der Waals surface area contributed by atoms with Crippen LogP contribution in [-0.4, -0.2) is 34.0 Å². The lowest BCUT2D eigenvalue weighted by molar-refractivity contribution is -0.250. The van der Waals surface area contributed by atoms with Gasteiger partial charge in [0, 0.05) is 0 Å². The number of carbonyl (C=O) groups is 1. The number of aliphatic hydroxyl groups excluding tert-OH is 1. The van der Waals surface area contributed by atoms with E-state index >= 15 is 0 Å². The lowest BCUT2D eigenvalue weighted by Crippen LogP contribution is -2.44. The third kappa shape index (κ3) is 4.71. The first-order valence-corrected chi connectivity index (χ1v) is 8.45. The maximum Gasteiger partial charge on any atom is 0.196 e. The van der Waals surface area contributed by atoms with Crippen molar-refractivity contribution in [2.45, 2.75) is 51.9 Å². The highest BCUT2D eigenvalue weighted by molar-refractivity contribution is 6.05. The van der Waals surface area contributed by atoms with Gasteiger partial charge in [-0.1, -0.05) is 19.1 Å². The summed E-state index contributed by atoms with van der Waals surface area (Å²) in [5, 5.41) is 20.3. The number of ether oxygens (including phenoxy) is 2. The molecule has 1 aromatic rings. The first-order chi connectivity index (χ1) is 11.7. The van der Waals surface area contributed by atoms with Gasteiger partial charge in [-0.05, 0) is 51.5 Å². The fourth-order valence-corrected chi connectivity index (χ4v) is 2.70. The van der Waals surface area contributed by atoms with E-state index in [1.807, 2.05) is 27.7 Å². The van der Waals surface area contributed by atoms with E-state index in [4.69, 9.17) is 9.47 Å². The molecule has 1 unspecified atom stereocenters. The van der Waals surface area contributed by atoms with E-state index in [1.165, 1.54) is 12.1 Å². The van der Waals surface area contributed by atoms with Crippen molar-refractivity contribution in [3.05, 3.63) is 47.6 Å². The van der Waals surface area contributed by atoms with Gasteiger partial charge in [0.15, 0.2) is 11.6 Å². The second kappa shape index (κ2) is 7.42. The van der Waals surface area contributed by atoms with Crippen molar-refractivity contribution in [2.75, 3.05) is 6.61 Å². The number of ketones is 1. The van der Waals surface area contributed by atoms with E-state index in [-0.39, 0.29) is 34.8 Å². The second-order valence-electron chi connectivity index (χ2n) is 7.09. The number of hydrogen-bond acceptors (Lipinski definition) is 5. The number of allylic oxidation sites excluding steroid dienone is 2. The predicted molar refractivity (Wildman–Crippen MR) is 96.2 cm³/mol. The van der Waals surface area contributed by atoms with Gasteiger partial charge >= 0.3 is 0 Å². The van der Waals surface area contributed by atoms with Crippen molar-refractivity contribution < 1.29 is 24.5 Å². The number of carbonyl (C=O) groups excluding carboxylic acids is 1. The molecule has 1 aliphatic carbocycles. The number of aliphatic hydroxyl groups is 1. The average Bonchev–Trinajstić information content (AvgIpc) is 2.51. The summed E-state index contributed by atoms with van der Waals surface area (Å²) in [6, 6.07) is 6.34. The third-order valence-electron chi connectivity index (χ3n) is 3.66. The Morgan fingerprint density at radius 2 is 1.96 bits per heavy atom. The molecule has 0 spiro atoms. The molecular formula is C20H26O5. The summed E-state index contributed by atoms with van der Waals surface area (Å²) in [4.78, 5) is 12.7. The van der Waals surface area contributed by atoms with E-state index in [2.05, 4.69) is 0 Å². The normalized spacial score (nSPS) is 23.0. The van der Waals surface area contributed by atoms with Crippen LogP contribution in [0.5, 0.6) is 5.75 Å². The number of phenolic OH excluding ortho intramolecular Hbond substituents is 1. The van der Waals surface area contributed by atoms with Crippen LogP contribution in [0.3, 0.4) is 0 Å². The number of aromatic hydroxyl groups is 1. The Morgan fingerprint density at radius 3 is 2.52 bits per heavy atom. The van der Waals surface area contributed by atoms with Gasteiger partial charge in [0.2, 0.25) is 0 Å². The van der Waals surface area contributed by atoms with E-state index in [0.717, 1.165) is 6.42 Å². The largest absolute Gasteiger partial charge is 0.507 e. The van der Waals surface area contributed by atoms with E-state index in [9.17, 15) is 15.0 Å². The highest BCUT2D eigenvalue weighted by atomic mass is 16.7. The van der Waals surface area contributed by atoms with Gasteiger partial charge in [0.05, 0.1) is 29.8 Å². The first-order valence-electron chi connectivity index (χ1n) is 8.45. The van der Waals surface area contributed by atoms with Crippen LogP contribution in [0, 0.1) is 0 Å². The molecule has 25 heavy (non-hydrogen) atoms. The molecule has 1 atom stereocenters. The molecule has 0 radical (unpaired) electrons. The van der Waals surface area contributed by atoms with Gasteiger partial charge in [-0.3, -0.25) is 4.79 Å². The molecule has 2 N–H and O–H groups in total. The summed E-state index contributed by atoms with van der Waals surface area (Å²) in [6.45, 7) is 8.13. The first kappa shape index (κ1) is 19.2. The molecule has 0 aliphatic heterocycles. The van der Waals surface area contributed by atoms with Crippen LogP contribution in [0.25, 0.3) is 5.76 Å². The monoisotopic (exact) mass is 346 g/mol. The molecular weight excluding hydrogens is 320 g/mol. The Kier molecular flexibility index (Phi) is 5.70. The van der Waals surface area contributed by atoms with Crippen LogP contribution >= 0.6 is 0 Å². The molecule has 0 fully saturated rings. The smallest absolute Gasteiger partial charge is 0.196 e. The number of para-hydroxylation sites is 1. The van der Waals surface area contributed by atoms with Gasteiger partial charge in [0.1, 0.15) is 11.5 Å². The maximum atomic E-state index is 12.7. The second-order valence-corrected chi connectivity index (χ2v) is 7.09. The molecule has 0 saturated heterocycles. The van der Waals surface area contributed by atoms with Crippen LogP contribution in [-0.2, 0) is 14.3 Å². The van der Waals surface area contributed by atoms with Crippen molar-refractivity contribution >= 4 is 11.5 Å². The molecule has 136 valence electrons. The zero-order valence-electron chi connectivity index (χ0n) is 15.2. The molecule has 0 amide bonds. The number of phenols is 1. The molecule has 1 aromatic carbocycles. The van der Waals surface area contributed by atoms with Crippen LogP contribution in [0.1, 0.15) is 46.1 Å². The SMILES string of the molecule is CCCOC1(OC(C)(C)C)C=CC(=C(O)c2ccccc2O)C(=O)C1. The lowest BCUT2D eigenvalue weighted by Gasteiger charge is -2.38. The van der Waals surface area contributed by atoms with E-state index in [1.54, 1.807) is 24.3 Å². The van der Waals surface area contributed by atoms with Crippen LogP contribution in [0.15, 0.2) is 42.0 Å². The minimum Gasteiger partial charge on any atom is -0.507 e. The van der Waals surface area contributed by atoms with Gasteiger partial charge in [-0.15, -0.1) is 0 Å². The zero-order valence-corrected chi connectivity index (χ0v) is 15.2. The third-order valence-corrected chi connectivity index (χ3v) is 3.66. The van der Waals surface area contributed by atoms with Crippen molar-refractivity contribution in [1.82, 2.24) is 0 Å². The summed E-state index contributed by atoms with van der Waals surface area (Å²) in [5.74, 6) is -1.78. The summed E-state index contributed by atoms with van der Waals surface area (Å²) in [6.07, 6.45) is 3.94. The van der Waals surface area contributed by atoms with Crippen LogP contribution in [0.4, 0.5) is 0 Å². The molecule has 0 saturated carbocycles. The molecule has 5 heteroatoms. The Hall–Kier alpha value is -2.11. The summed E-state index contributed by atoms with van der Waals surface area (Å²) in [5.41, 5.74) is -0.150. The van der Waals surface area contributed by atoms with Crippen LogP contribution < -0.4 is 0 Å². The molecule has 0 bridgehead atoms. The molecule has 0 aromatic heterocycles. The Balaban J connectivity index is 2.41. The Labute approximate surface area is 148 Å². The number of rotatable bonds is 5. The Morgan fingerprint density at radius 1 is 1.28 bits per heavy atom. The lowest BCUT2D eigenvalue weighted by atomic mass is 9.92. The predicted octanol–water partition coefficient (Wildman–Crippen LogP) is 4.13. The quantitative estimate of drug-likeness (QED) is 0.476. The van der Waals surface area contributed by atoms with Gasteiger partial charge in [-0.25, -0.2) is 0 Å². The molecule has 2 rings (SSSR count). The van der Waals surface area contributed by atoms with Crippen molar-refractivity contribution in [3.63, 3.8) is 0 Å². The molecule has 0 heterocycles. The Bertz CT molecular complexity index is 696. The topological polar surface area (TPSA) is 76.0 Å². The number of Topliss-reactive ketones (excluding diaryl/α,β-unsaturated/α-hetero) is 1. The highest BCUT2D eigenvalue weighted by Crippen LogP contribution is 2.35.